The minimum absolute atomic E-state index is 0.0871. The third-order valence-corrected chi connectivity index (χ3v) is 6.24. The molecule has 0 aromatic heterocycles. The predicted octanol–water partition coefficient (Wildman–Crippen LogP) is 6.83. The van der Waals surface area contributed by atoms with Gasteiger partial charge in [-0.05, 0) is 67.9 Å². The summed E-state index contributed by atoms with van der Waals surface area (Å²) >= 11 is 12.4. The van der Waals surface area contributed by atoms with Crippen LogP contribution in [0, 0.1) is 0 Å². The second-order valence-electron chi connectivity index (χ2n) is 8.01. The van der Waals surface area contributed by atoms with Gasteiger partial charge in [0.2, 0.25) is 0 Å². The number of halogens is 3. The predicted molar refractivity (Wildman–Crippen MR) is 137 cm³/mol. The van der Waals surface area contributed by atoms with Gasteiger partial charge >= 0.3 is 5.97 Å². The van der Waals surface area contributed by atoms with Crippen LogP contribution in [-0.2, 0) is 9.53 Å². The molecule has 0 spiro atoms. The monoisotopic (exact) mass is 531 g/mol. The van der Waals surface area contributed by atoms with E-state index >= 15 is 0 Å². The maximum absolute atomic E-state index is 13.2. The van der Waals surface area contributed by atoms with E-state index in [-0.39, 0.29) is 18.4 Å². The van der Waals surface area contributed by atoms with Crippen LogP contribution in [0.2, 0.25) is 10.0 Å². The average Bonchev–Trinajstić information content (AvgIpc) is 2.88. The first-order valence-corrected chi connectivity index (χ1v) is 12.2. The van der Waals surface area contributed by atoms with Crippen LogP contribution in [0.5, 0.6) is 17.2 Å². The summed E-state index contributed by atoms with van der Waals surface area (Å²) in [6.07, 6.45) is 0.507. The van der Waals surface area contributed by atoms with Crippen LogP contribution in [0.15, 0.2) is 60.7 Å². The molecule has 0 fully saturated rings. The van der Waals surface area contributed by atoms with E-state index in [9.17, 15) is 14.0 Å². The number of benzene rings is 3. The Hall–Kier alpha value is -3.29. The van der Waals surface area contributed by atoms with Crippen molar-refractivity contribution in [3.63, 3.8) is 0 Å². The summed E-state index contributed by atoms with van der Waals surface area (Å²) in [4.78, 5) is 26.7. The molecule has 1 aliphatic rings. The molecule has 0 aliphatic carbocycles. The number of carbonyl (C=O) groups excluding carboxylic acids is 2. The zero-order chi connectivity index (χ0) is 25.7. The molecule has 36 heavy (non-hydrogen) atoms. The number of ether oxygens (including phenoxy) is 3. The first-order valence-electron chi connectivity index (χ1n) is 11.5. The summed E-state index contributed by atoms with van der Waals surface area (Å²) in [5.74, 6) is 0.182. The van der Waals surface area contributed by atoms with Gasteiger partial charge in [0.1, 0.15) is 23.9 Å². The van der Waals surface area contributed by atoms with Crippen molar-refractivity contribution in [1.29, 1.82) is 0 Å². The summed E-state index contributed by atoms with van der Waals surface area (Å²) in [6, 6.07) is 16.4. The normalized spacial score (nSPS) is 14.4. The molecule has 1 unspecified atom stereocenters. The molecule has 0 saturated heterocycles. The molecule has 9 heteroatoms. The van der Waals surface area contributed by atoms with Gasteiger partial charge in [0.25, 0.3) is 5.91 Å². The van der Waals surface area contributed by atoms with Gasteiger partial charge in [-0.25, -0.2) is 4.39 Å². The van der Waals surface area contributed by atoms with Crippen LogP contribution in [0.25, 0.3) is 0 Å². The number of esters is 1. The quantitative estimate of drug-likeness (QED) is 0.298. The van der Waals surface area contributed by atoms with Crippen molar-refractivity contribution in [3.8, 4) is 17.2 Å². The minimum Gasteiger partial charge on any atom is -0.493 e. The van der Waals surface area contributed by atoms with E-state index in [1.54, 1.807) is 67.6 Å². The summed E-state index contributed by atoms with van der Waals surface area (Å²) in [6.45, 7) is 1.65. The molecule has 1 atom stereocenters. The lowest BCUT2D eigenvalue weighted by molar-refractivity contribution is -0.145. The van der Waals surface area contributed by atoms with E-state index in [0.29, 0.717) is 63.7 Å². The van der Waals surface area contributed by atoms with Gasteiger partial charge in [0.05, 0.1) is 30.7 Å². The SMILES string of the molecule is CCOC(=O)C1CCOc2cc(Oc3ccc(C(=O)N(CCF)c4ccc(Cl)cc4)cc3)c(Cl)cc21. The van der Waals surface area contributed by atoms with Crippen LogP contribution >= 0.6 is 23.2 Å². The number of anilines is 1. The number of carbonyl (C=O) groups is 2. The number of rotatable bonds is 8. The van der Waals surface area contributed by atoms with Crippen molar-refractivity contribution in [2.24, 2.45) is 0 Å². The standard InChI is InChI=1S/C27H24Cl2FNO5/c1-2-34-27(33)21-11-14-35-24-16-25(23(29)15-22(21)24)36-20-9-3-17(4-10-20)26(32)31(13-12-30)19-7-5-18(28)6-8-19/h3-10,15-16,21H,2,11-14H2,1H3. The van der Waals surface area contributed by atoms with Crippen molar-refractivity contribution in [3.05, 3.63) is 81.8 Å². The van der Waals surface area contributed by atoms with Crippen molar-refractivity contribution in [2.75, 3.05) is 31.3 Å². The molecular weight excluding hydrogens is 508 g/mol. The molecule has 4 rings (SSSR count). The molecule has 3 aromatic rings. The topological polar surface area (TPSA) is 65.1 Å². The van der Waals surface area contributed by atoms with E-state index in [1.807, 2.05) is 0 Å². The van der Waals surface area contributed by atoms with E-state index in [4.69, 9.17) is 37.4 Å². The van der Waals surface area contributed by atoms with Crippen molar-refractivity contribution in [1.82, 2.24) is 0 Å². The molecule has 0 saturated carbocycles. The second kappa shape index (κ2) is 11.6. The lowest BCUT2D eigenvalue weighted by Crippen LogP contribution is -2.32. The third-order valence-electron chi connectivity index (χ3n) is 5.70. The van der Waals surface area contributed by atoms with Gasteiger partial charge in [-0.3, -0.25) is 9.59 Å². The Bertz CT molecular complexity index is 1230. The Morgan fingerprint density at radius 3 is 2.47 bits per heavy atom. The smallest absolute Gasteiger partial charge is 0.313 e. The molecule has 1 heterocycles. The Labute approximate surface area is 218 Å². The van der Waals surface area contributed by atoms with Crippen LogP contribution in [0.1, 0.15) is 35.2 Å². The fraction of sp³-hybridized carbons (Fsp3) is 0.259. The van der Waals surface area contributed by atoms with Gasteiger partial charge in [-0.15, -0.1) is 0 Å². The molecule has 0 radical (unpaired) electrons. The lowest BCUT2D eigenvalue weighted by atomic mass is 9.93. The maximum atomic E-state index is 13.2. The molecule has 0 N–H and O–H groups in total. The molecule has 1 amide bonds. The summed E-state index contributed by atoms with van der Waals surface area (Å²) in [7, 11) is 0. The Morgan fingerprint density at radius 1 is 1.08 bits per heavy atom. The van der Waals surface area contributed by atoms with Crippen LogP contribution in [-0.4, -0.2) is 38.3 Å². The molecule has 188 valence electrons. The van der Waals surface area contributed by atoms with Crippen LogP contribution in [0.3, 0.4) is 0 Å². The van der Waals surface area contributed by atoms with Crippen LogP contribution in [0.4, 0.5) is 10.1 Å². The number of amides is 1. The highest BCUT2D eigenvalue weighted by molar-refractivity contribution is 6.32. The van der Waals surface area contributed by atoms with Crippen molar-refractivity contribution in [2.45, 2.75) is 19.3 Å². The first kappa shape index (κ1) is 25.8. The van der Waals surface area contributed by atoms with E-state index in [0.717, 1.165) is 0 Å². The first-order chi connectivity index (χ1) is 17.4. The molecule has 0 bridgehead atoms. The van der Waals surface area contributed by atoms with E-state index in [1.165, 1.54) is 4.90 Å². The zero-order valence-electron chi connectivity index (χ0n) is 19.5. The maximum Gasteiger partial charge on any atom is 0.313 e. The third kappa shape index (κ3) is 5.74. The summed E-state index contributed by atoms with van der Waals surface area (Å²) in [5, 5.41) is 0.834. The number of alkyl halides is 1. The number of fused-ring (bicyclic) bond motifs is 1. The highest BCUT2D eigenvalue weighted by atomic mass is 35.5. The lowest BCUT2D eigenvalue weighted by Gasteiger charge is -2.25. The van der Waals surface area contributed by atoms with Gasteiger partial charge in [0, 0.05) is 27.9 Å². The highest BCUT2D eigenvalue weighted by Gasteiger charge is 2.30. The Balaban J connectivity index is 1.52. The number of hydrogen-bond donors (Lipinski definition) is 0. The zero-order valence-corrected chi connectivity index (χ0v) is 21.0. The fourth-order valence-electron chi connectivity index (χ4n) is 3.96. The van der Waals surface area contributed by atoms with Gasteiger partial charge in [-0.2, -0.15) is 0 Å². The average molecular weight is 532 g/mol. The van der Waals surface area contributed by atoms with E-state index < -0.39 is 12.6 Å². The summed E-state index contributed by atoms with van der Waals surface area (Å²) in [5.41, 5.74) is 1.57. The Kier molecular flexibility index (Phi) is 8.33. The van der Waals surface area contributed by atoms with Crippen LogP contribution < -0.4 is 14.4 Å². The summed E-state index contributed by atoms with van der Waals surface area (Å²) < 4.78 is 30.0. The van der Waals surface area contributed by atoms with Gasteiger partial charge < -0.3 is 19.1 Å². The Morgan fingerprint density at radius 2 is 1.81 bits per heavy atom. The van der Waals surface area contributed by atoms with Gasteiger partial charge in [-0.1, -0.05) is 23.2 Å². The van der Waals surface area contributed by atoms with E-state index in [2.05, 4.69) is 0 Å². The second-order valence-corrected chi connectivity index (χ2v) is 8.85. The number of hydrogen-bond acceptors (Lipinski definition) is 5. The largest absolute Gasteiger partial charge is 0.493 e. The van der Waals surface area contributed by atoms with Crippen molar-refractivity contribution < 1.29 is 28.2 Å². The molecule has 6 nitrogen and oxygen atoms in total. The molecule has 3 aromatic carbocycles. The molecule has 1 aliphatic heterocycles. The minimum atomic E-state index is -0.689. The molecular formula is C27H24Cl2FNO5. The van der Waals surface area contributed by atoms with Gasteiger partial charge in [0.15, 0.2) is 0 Å². The number of nitrogens with zero attached hydrogens (tertiary/aromatic N) is 1. The fourth-order valence-corrected chi connectivity index (χ4v) is 4.29. The highest BCUT2D eigenvalue weighted by Crippen LogP contribution is 2.42. The van der Waals surface area contributed by atoms with Crippen molar-refractivity contribution >= 4 is 40.8 Å².